The number of aliphatic hydroxyl groups excluding tert-OH is 1. The van der Waals surface area contributed by atoms with Gasteiger partial charge in [-0.3, -0.25) is 0 Å². The number of hydrogen-bond donors (Lipinski definition) is 2. The molecule has 2 rings (SSSR count). The zero-order valence-corrected chi connectivity index (χ0v) is 10.9. The molecule has 0 fully saturated rings. The van der Waals surface area contributed by atoms with Crippen LogP contribution >= 0.6 is 11.8 Å². The number of aliphatic hydroxyl groups is 1. The van der Waals surface area contributed by atoms with Crippen LogP contribution in [0.3, 0.4) is 0 Å². The summed E-state index contributed by atoms with van der Waals surface area (Å²) in [5.41, 5.74) is 3.65. The van der Waals surface area contributed by atoms with E-state index in [9.17, 15) is 5.11 Å². The Morgan fingerprint density at radius 2 is 2.00 bits per heavy atom. The quantitative estimate of drug-likeness (QED) is 0.805. The Labute approximate surface area is 106 Å². The number of benzene rings is 1. The summed E-state index contributed by atoms with van der Waals surface area (Å²) in [7, 11) is 0. The van der Waals surface area contributed by atoms with Gasteiger partial charge in [0.1, 0.15) is 0 Å². The molecule has 2 nitrogen and oxygen atoms in total. The number of rotatable bonds is 3. The lowest BCUT2D eigenvalue weighted by Crippen LogP contribution is -2.17. The van der Waals surface area contributed by atoms with E-state index in [1.807, 2.05) is 5.41 Å². The minimum absolute atomic E-state index is 0.0382. The molecule has 1 aromatic rings. The summed E-state index contributed by atoms with van der Waals surface area (Å²) < 4.78 is 0. The molecule has 0 radical (unpaired) electrons. The third-order valence-electron chi connectivity index (χ3n) is 3.10. The average Bonchev–Trinajstić information content (AvgIpc) is 2.71. The molecular weight excluding hydrogens is 230 g/mol. The van der Waals surface area contributed by atoms with Gasteiger partial charge in [0.25, 0.3) is 0 Å². The first-order valence-electron chi connectivity index (χ1n) is 5.81. The molecular formula is C14H17NOS. The molecule has 2 N–H and O–H groups in total. The minimum Gasteiger partial charge on any atom is -0.387 e. The maximum atomic E-state index is 10.2. The highest BCUT2D eigenvalue weighted by Gasteiger charge is 2.30. The second kappa shape index (κ2) is 5.07. The Balaban J connectivity index is 2.17. The Hall–Kier alpha value is -1.06. The van der Waals surface area contributed by atoms with Crippen LogP contribution in [0.5, 0.6) is 0 Å². The molecule has 1 heterocycles. The summed E-state index contributed by atoms with van der Waals surface area (Å²) in [6.45, 7) is 3.85. The van der Waals surface area contributed by atoms with Crippen molar-refractivity contribution >= 4 is 17.5 Å². The lowest BCUT2D eigenvalue weighted by Gasteiger charge is -2.17. The first-order chi connectivity index (χ1) is 8.13. The predicted octanol–water partition coefficient (Wildman–Crippen LogP) is 3.32. The van der Waals surface area contributed by atoms with Crippen LogP contribution in [-0.2, 0) is 6.42 Å². The van der Waals surface area contributed by atoms with Crippen molar-refractivity contribution in [3.05, 3.63) is 46.4 Å². The summed E-state index contributed by atoms with van der Waals surface area (Å²) >= 11 is 1.60. The van der Waals surface area contributed by atoms with E-state index >= 15 is 0 Å². The van der Waals surface area contributed by atoms with E-state index in [-0.39, 0.29) is 5.25 Å². The van der Waals surface area contributed by atoms with Crippen LogP contribution < -0.4 is 0 Å². The van der Waals surface area contributed by atoms with Crippen molar-refractivity contribution in [3.8, 4) is 0 Å². The van der Waals surface area contributed by atoms with E-state index in [4.69, 9.17) is 5.41 Å². The van der Waals surface area contributed by atoms with Crippen LogP contribution in [0.2, 0.25) is 0 Å². The van der Waals surface area contributed by atoms with Crippen LogP contribution in [0, 0.1) is 5.41 Å². The minimum atomic E-state index is -0.551. The zero-order valence-electron chi connectivity index (χ0n) is 10.1. The Morgan fingerprint density at radius 1 is 1.35 bits per heavy atom. The fourth-order valence-electron chi connectivity index (χ4n) is 1.97. The smallest absolute Gasteiger partial charge is 0.0974 e. The third-order valence-corrected chi connectivity index (χ3v) is 4.31. The maximum Gasteiger partial charge on any atom is 0.0974 e. The van der Waals surface area contributed by atoms with E-state index in [2.05, 4.69) is 31.2 Å². The third kappa shape index (κ3) is 2.45. The van der Waals surface area contributed by atoms with Gasteiger partial charge in [0, 0.05) is 11.3 Å². The lowest BCUT2D eigenvalue weighted by molar-refractivity contribution is 0.217. The highest BCUT2D eigenvalue weighted by molar-refractivity contribution is 8.02. The summed E-state index contributed by atoms with van der Waals surface area (Å²) in [5.74, 6) is 0. The Morgan fingerprint density at radius 3 is 2.47 bits per heavy atom. The SMILES string of the molecule is CCc1ccc([C@@H]2SC=C(C(C)=N)C2O)cc1. The van der Waals surface area contributed by atoms with Gasteiger partial charge >= 0.3 is 0 Å². The molecule has 0 saturated heterocycles. The fraction of sp³-hybridized carbons (Fsp3) is 0.357. The molecule has 2 atom stereocenters. The van der Waals surface area contributed by atoms with Gasteiger partial charge in [-0.15, -0.1) is 11.8 Å². The molecule has 0 spiro atoms. The first-order valence-corrected chi connectivity index (χ1v) is 6.75. The number of thioether (sulfide) groups is 1. The van der Waals surface area contributed by atoms with Crippen molar-refractivity contribution in [3.63, 3.8) is 0 Å². The fourth-order valence-corrected chi connectivity index (χ4v) is 3.19. The second-order valence-electron chi connectivity index (χ2n) is 4.29. The molecule has 0 aromatic heterocycles. The van der Waals surface area contributed by atoms with Gasteiger partial charge in [-0.2, -0.15) is 0 Å². The molecule has 0 saturated carbocycles. The molecule has 90 valence electrons. The molecule has 0 aliphatic carbocycles. The predicted molar refractivity (Wildman–Crippen MR) is 73.6 cm³/mol. The topological polar surface area (TPSA) is 44.1 Å². The average molecular weight is 247 g/mol. The number of aryl methyl sites for hydroxylation is 1. The van der Waals surface area contributed by atoms with Crippen molar-refractivity contribution in [1.29, 1.82) is 5.41 Å². The summed E-state index contributed by atoms with van der Waals surface area (Å²) in [4.78, 5) is 0. The van der Waals surface area contributed by atoms with Gasteiger partial charge in [0.2, 0.25) is 0 Å². The first kappa shape index (κ1) is 12.4. The summed E-state index contributed by atoms with van der Waals surface area (Å²) in [5, 5.41) is 19.7. The van der Waals surface area contributed by atoms with Gasteiger partial charge in [-0.25, -0.2) is 0 Å². The van der Waals surface area contributed by atoms with E-state index in [1.165, 1.54) is 5.56 Å². The summed E-state index contributed by atoms with van der Waals surface area (Å²) in [6.07, 6.45) is 0.481. The molecule has 1 aliphatic heterocycles. The van der Waals surface area contributed by atoms with Crippen molar-refractivity contribution in [2.45, 2.75) is 31.6 Å². The zero-order chi connectivity index (χ0) is 12.4. The van der Waals surface area contributed by atoms with Crippen LogP contribution in [0.1, 0.15) is 30.2 Å². The molecule has 0 amide bonds. The maximum absolute atomic E-state index is 10.2. The largest absolute Gasteiger partial charge is 0.387 e. The van der Waals surface area contributed by atoms with Crippen LogP contribution in [-0.4, -0.2) is 16.9 Å². The van der Waals surface area contributed by atoms with E-state index in [0.717, 1.165) is 17.6 Å². The van der Waals surface area contributed by atoms with Gasteiger partial charge in [-0.1, -0.05) is 31.2 Å². The molecule has 0 bridgehead atoms. The van der Waals surface area contributed by atoms with Crippen LogP contribution in [0.25, 0.3) is 0 Å². The molecule has 17 heavy (non-hydrogen) atoms. The van der Waals surface area contributed by atoms with E-state index < -0.39 is 6.10 Å². The van der Waals surface area contributed by atoms with Crippen molar-refractivity contribution in [2.24, 2.45) is 0 Å². The Bertz CT molecular complexity index is 450. The van der Waals surface area contributed by atoms with E-state index in [0.29, 0.717) is 5.71 Å². The highest BCUT2D eigenvalue weighted by atomic mass is 32.2. The van der Waals surface area contributed by atoms with Crippen molar-refractivity contribution in [2.75, 3.05) is 0 Å². The lowest BCUT2D eigenvalue weighted by atomic mass is 9.98. The highest BCUT2D eigenvalue weighted by Crippen LogP contribution is 2.42. The van der Waals surface area contributed by atoms with Gasteiger partial charge in [0.15, 0.2) is 0 Å². The normalized spacial score (nSPS) is 23.6. The molecule has 1 unspecified atom stereocenters. The monoisotopic (exact) mass is 247 g/mol. The molecule has 1 aliphatic rings. The molecule has 3 heteroatoms. The van der Waals surface area contributed by atoms with Crippen LogP contribution in [0.15, 0.2) is 35.2 Å². The van der Waals surface area contributed by atoms with E-state index in [1.54, 1.807) is 18.7 Å². The van der Waals surface area contributed by atoms with Crippen LogP contribution in [0.4, 0.5) is 0 Å². The summed E-state index contributed by atoms with van der Waals surface area (Å²) in [6, 6.07) is 8.38. The standard InChI is InChI=1S/C14H17NOS/c1-3-10-4-6-11(7-5-10)14-13(16)12(8-17-14)9(2)15/h4-8,13-16H,3H2,1-2H3/t13?,14-/m0/s1. The van der Waals surface area contributed by atoms with Crippen molar-refractivity contribution in [1.82, 2.24) is 0 Å². The van der Waals surface area contributed by atoms with Crippen molar-refractivity contribution < 1.29 is 5.11 Å². The number of hydrogen-bond acceptors (Lipinski definition) is 3. The Kier molecular flexibility index (Phi) is 3.69. The van der Waals surface area contributed by atoms with Gasteiger partial charge in [-0.05, 0) is 29.9 Å². The van der Waals surface area contributed by atoms with Gasteiger partial charge in [0.05, 0.1) is 11.4 Å². The van der Waals surface area contributed by atoms with Gasteiger partial charge < -0.3 is 10.5 Å². The number of nitrogens with one attached hydrogen (secondary N) is 1. The second-order valence-corrected chi connectivity index (χ2v) is 5.31. The molecule has 1 aromatic carbocycles.